The van der Waals surface area contributed by atoms with Gasteiger partial charge in [0.2, 0.25) is 5.88 Å². The summed E-state index contributed by atoms with van der Waals surface area (Å²) >= 11 is 2.07. The summed E-state index contributed by atoms with van der Waals surface area (Å²) in [7, 11) is 1.66. The number of ether oxygens (including phenoxy) is 1. The van der Waals surface area contributed by atoms with Gasteiger partial charge in [0.25, 0.3) is 0 Å². The van der Waals surface area contributed by atoms with Gasteiger partial charge in [-0.05, 0) is 98.8 Å². The predicted octanol–water partition coefficient (Wildman–Crippen LogP) is 6.04. The highest BCUT2D eigenvalue weighted by Gasteiger charge is 2.43. The van der Waals surface area contributed by atoms with Crippen molar-refractivity contribution in [3.05, 3.63) is 41.6 Å². The number of hydrogen-bond acceptors (Lipinski definition) is 5. The number of nitrogens with zero attached hydrogens (tertiary/aromatic N) is 3. The number of rotatable bonds is 5. The molecule has 3 fully saturated rings. The van der Waals surface area contributed by atoms with Gasteiger partial charge in [0.05, 0.1) is 12.6 Å². The van der Waals surface area contributed by atoms with Crippen LogP contribution in [0.1, 0.15) is 55.6 Å². The molecule has 0 radical (unpaired) electrons. The van der Waals surface area contributed by atoms with Crippen molar-refractivity contribution in [2.45, 2.75) is 62.7 Å². The number of methoxy groups -OCH3 is 1. The molecule has 2 aliphatic carbocycles. The molecule has 3 atom stereocenters. The first kappa shape index (κ1) is 22.4. The van der Waals surface area contributed by atoms with E-state index in [4.69, 9.17) is 4.74 Å². The van der Waals surface area contributed by atoms with Crippen molar-refractivity contribution in [1.29, 1.82) is 0 Å². The van der Waals surface area contributed by atoms with Gasteiger partial charge in [-0.15, -0.1) is 0 Å². The van der Waals surface area contributed by atoms with Gasteiger partial charge < -0.3 is 4.74 Å². The van der Waals surface area contributed by atoms with Crippen LogP contribution in [0, 0.1) is 18.8 Å². The van der Waals surface area contributed by atoms with E-state index in [1.807, 2.05) is 12.1 Å². The predicted molar refractivity (Wildman–Crippen MR) is 141 cm³/mol. The van der Waals surface area contributed by atoms with Crippen LogP contribution < -0.4 is 4.74 Å². The lowest BCUT2D eigenvalue weighted by Gasteiger charge is -2.34. The number of fused-ring (bicyclic) bond motifs is 2. The second kappa shape index (κ2) is 9.19. The first-order valence-electron chi connectivity index (χ1n) is 12.9. The summed E-state index contributed by atoms with van der Waals surface area (Å²) in [5.41, 5.74) is 6.06. The van der Waals surface area contributed by atoms with Crippen LogP contribution in [0.25, 0.3) is 22.2 Å². The molecule has 180 valence electrons. The zero-order valence-electron chi connectivity index (χ0n) is 20.6. The third-order valence-electron chi connectivity index (χ3n) is 8.88. The van der Waals surface area contributed by atoms with E-state index in [9.17, 15) is 0 Å². The minimum Gasteiger partial charge on any atom is -0.481 e. The highest BCUT2D eigenvalue weighted by atomic mass is 32.2. The maximum atomic E-state index is 5.34. The van der Waals surface area contributed by atoms with Gasteiger partial charge in [0.15, 0.2) is 0 Å². The number of nitrogens with one attached hydrogen (secondary N) is 1. The van der Waals surface area contributed by atoms with E-state index in [2.05, 4.69) is 57.2 Å². The van der Waals surface area contributed by atoms with Crippen molar-refractivity contribution in [2.24, 2.45) is 11.8 Å². The minimum absolute atomic E-state index is 0.621. The lowest BCUT2D eigenvalue weighted by molar-refractivity contribution is 0.179. The number of pyridine rings is 1. The molecule has 1 N–H and O–H groups in total. The molecular formula is C28H36N4OS. The third-order valence-corrected chi connectivity index (χ3v) is 10.0. The van der Waals surface area contributed by atoms with Crippen molar-refractivity contribution in [3.63, 3.8) is 0 Å². The molecule has 1 unspecified atom stereocenters. The van der Waals surface area contributed by atoms with Crippen molar-refractivity contribution in [2.75, 3.05) is 26.5 Å². The Morgan fingerprint density at radius 3 is 2.53 bits per heavy atom. The van der Waals surface area contributed by atoms with Crippen LogP contribution in [0.3, 0.4) is 0 Å². The lowest BCUT2D eigenvalue weighted by Crippen LogP contribution is -2.37. The van der Waals surface area contributed by atoms with Crippen molar-refractivity contribution in [3.8, 4) is 17.1 Å². The van der Waals surface area contributed by atoms with Gasteiger partial charge >= 0.3 is 0 Å². The Hall–Kier alpha value is -2.05. The Kier molecular flexibility index (Phi) is 6.06. The Labute approximate surface area is 207 Å². The fraction of sp³-hybridized carbons (Fsp3) is 0.571. The third kappa shape index (κ3) is 4.03. The van der Waals surface area contributed by atoms with E-state index in [0.29, 0.717) is 11.8 Å². The minimum atomic E-state index is 0.621. The van der Waals surface area contributed by atoms with E-state index in [1.165, 1.54) is 68.1 Å². The van der Waals surface area contributed by atoms with Gasteiger partial charge in [-0.2, -0.15) is 16.9 Å². The molecule has 3 aromatic rings. The number of aromatic amines is 1. The molecule has 5 nitrogen and oxygen atoms in total. The SMILES string of the molecule is COc1cc(-c2n[nH]c3cc(C)c(C4C[C@@H]5CN(C6CCC(SC)CC6)C[C@@H]5C4)cc23)ccn1. The van der Waals surface area contributed by atoms with E-state index in [-0.39, 0.29) is 0 Å². The molecule has 3 heterocycles. The van der Waals surface area contributed by atoms with Crippen LogP contribution in [0.2, 0.25) is 0 Å². The number of benzene rings is 1. The highest BCUT2D eigenvalue weighted by Crippen LogP contribution is 2.49. The summed E-state index contributed by atoms with van der Waals surface area (Å²) in [5.74, 6) is 3.03. The molecule has 0 bridgehead atoms. The molecule has 6 rings (SSSR count). The zero-order chi connectivity index (χ0) is 23.2. The Balaban J connectivity index is 1.20. The average Bonchev–Trinajstić information content (AvgIpc) is 3.56. The number of aromatic nitrogens is 3. The first-order valence-corrected chi connectivity index (χ1v) is 14.2. The maximum Gasteiger partial charge on any atom is 0.213 e. The summed E-state index contributed by atoms with van der Waals surface area (Å²) in [6, 6.07) is 9.54. The van der Waals surface area contributed by atoms with Crippen LogP contribution in [-0.2, 0) is 0 Å². The normalized spacial score (nSPS) is 29.6. The highest BCUT2D eigenvalue weighted by molar-refractivity contribution is 7.99. The quantitative estimate of drug-likeness (QED) is 0.486. The smallest absolute Gasteiger partial charge is 0.213 e. The summed E-state index contributed by atoms with van der Waals surface area (Å²) in [6.07, 6.45) is 12.4. The van der Waals surface area contributed by atoms with Crippen molar-refractivity contribution >= 4 is 22.7 Å². The fourth-order valence-electron chi connectivity index (χ4n) is 7.05. The van der Waals surface area contributed by atoms with E-state index in [1.54, 1.807) is 13.3 Å². The van der Waals surface area contributed by atoms with E-state index in [0.717, 1.165) is 39.9 Å². The number of thioether (sulfide) groups is 1. The van der Waals surface area contributed by atoms with Crippen LogP contribution in [-0.4, -0.2) is 57.8 Å². The first-order chi connectivity index (χ1) is 16.6. The van der Waals surface area contributed by atoms with Gasteiger partial charge in [-0.25, -0.2) is 4.98 Å². The number of H-pyrrole nitrogens is 1. The largest absolute Gasteiger partial charge is 0.481 e. The lowest BCUT2D eigenvalue weighted by atomic mass is 9.89. The molecular weight excluding hydrogens is 440 g/mol. The van der Waals surface area contributed by atoms with Gasteiger partial charge in [0.1, 0.15) is 5.69 Å². The molecule has 0 spiro atoms. The zero-order valence-corrected chi connectivity index (χ0v) is 21.4. The number of likely N-dealkylation sites (tertiary alicyclic amines) is 1. The molecule has 1 aliphatic heterocycles. The summed E-state index contributed by atoms with van der Waals surface area (Å²) in [5, 5.41) is 10.0. The Morgan fingerprint density at radius 2 is 1.82 bits per heavy atom. The van der Waals surface area contributed by atoms with E-state index >= 15 is 0 Å². The summed E-state index contributed by atoms with van der Waals surface area (Å²) in [4.78, 5) is 7.12. The van der Waals surface area contributed by atoms with Gasteiger partial charge in [-0.1, -0.05) is 0 Å². The molecule has 1 aromatic carbocycles. The van der Waals surface area contributed by atoms with Crippen LogP contribution in [0.5, 0.6) is 5.88 Å². The summed E-state index contributed by atoms with van der Waals surface area (Å²) < 4.78 is 5.34. The monoisotopic (exact) mass is 476 g/mol. The van der Waals surface area contributed by atoms with Crippen molar-refractivity contribution in [1.82, 2.24) is 20.1 Å². The standard InChI is InChI=1S/C28H36N4OS/c1-17-10-26-25(28(31-30-26)18-8-9-29-27(13-18)33-2)14-24(17)19-11-20-15-32(16-21(20)12-19)22-4-6-23(34-3)7-5-22/h8-10,13-14,19-23H,4-7,11-12,15-16H2,1-3H3,(H,30,31)/t19?,20-,21+,22?,23?. The Morgan fingerprint density at radius 1 is 1.06 bits per heavy atom. The average molecular weight is 477 g/mol. The Bertz CT molecular complexity index is 1150. The summed E-state index contributed by atoms with van der Waals surface area (Å²) in [6.45, 7) is 4.92. The second-order valence-corrected chi connectivity index (χ2v) is 11.9. The number of hydrogen-bond donors (Lipinski definition) is 1. The van der Waals surface area contributed by atoms with E-state index < -0.39 is 0 Å². The molecule has 3 aliphatic rings. The topological polar surface area (TPSA) is 54.0 Å². The molecule has 34 heavy (non-hydrogen) atoms. The van der Waals surface area contributed by atoms with Crippen LogP contribution in [0.15, 0.2) is 30.5 Å². The molecule has 1 saturated heterocycles. The second-order valence-electron chi connectivity index (χ2n) is 10.7. The maximum absolute atomic E-state index is 5.34. The van der Waals surface area contributed by atoms with Crippen LogP contribution >= 0.6 is 11.8 Å². The van der Waals surface area contributed by atoms with Crippen LogP contribution in [0.4, 0.5) is 0 Å². The number of aryl methyl sites for hydroxylation is 1. The molecule has 2 aromatic heterocycles. The molecule has 0 amide bonds. The van der Waals surface area contributed by atoms with Gasteiger partial charge in [0, 0.05) is 47.6 Å². The molecule has 2 saturated carbocycles. The fourth-order valence-corrected chi connectivity index (χ4v) is 7.80. The molecule has 6 heteroatoms. The van der Waals surface area contributed by atoms with Gasteiger partial charge in [-0.3, -0.25) is 10.00 Å². The van der Waals surface area contributed by atoms with Crippen molar-refractivity contribution < 1.29 is 4.74 Å².